The van der Waals surface area contributed by atoms with Crippen molar-refractivity contribution in [3.05, 3.63) is 42.5 Å². The zero-order valence-corrected chi connectivity index (χ0v) is 18.4. The minimum Gasteiger partial charge on any atom is -0.495 e. The summed E-state index contributed by atoms with van der Waals surface area (Å²) in [6.45, 7) is 2.71. The van der Waals surface area contributed by atoms with Crippen LogP contribution in [0.4, 0.5) is 5.69 Å². The van der Waals surface area contributed by atoms with Crippen molar-refractivity contribution in [3.63, 3.8) is 0 Å². The number of ether oxygens (including phenoxy) is 3. The first-order valence-corrected chi connectivity index (χ1v) is 11.8. The third-order valence-corrected chi connectivity index (χ3v) is 7.38. The standard InChI is InChI=1S/C22H26N2O6S/c1-15-21(30-18-9-5-4-8-17(18)29-15)22(25)23-16-10-11-19(28-2)20(14-16)31(26,27)24-12-6-3-7-13-24/h4-5,8-11,14-15,21H,3,6-7,12-13H2,1-2H3,(H,23,25). The number of amides is 1. The summed E-state index contributed by atoms with van der Waals surface area (Å²) in [7, 11) is -2.31. The van der Waals surface area contributed by atoms with Gasteiger partial charge in [-0.25, -0.2) is 8.42 Å². The van der Waals surface area contributed by atoms with E-state index >= 15 is 0 Å². The zero-order chi connectivity index (χ0) is 22.0. The van der Waals surface area contributed by atoms with Gasteiger partial charge in [-0.05, 0) is 50.1 Å². The van der Waals surface area contributed by atoms with Crippen LogP contribution in [0, 0.1) is 0 Å². The molecule has 2 aromatic carbocycles. The van der Waals surface area contributed by atoms with E-state index in [1.807, 2.05) is 6.07 Å². The molecule has 0 aliphatic carbocycles. The first-order valence-electron chi connectivity index (χ1n) is 10.3. The molecule has 0 bridgehead atoms. The van der Waals surface area contributed by atoms with Crippen LogP contribution in [0.2, 0.25) is 0 Å². The highest BCUT2D eigenvalue weighted by atomic mass is 32.2. The number of rotatable bonds is 5. The van der Waals surface area contributed by atoms with E-state index in [0.717, 1.165) is 19.3 Å². The second-order valence-corrected chi connectivity index (χ2v) is 9.53. The molecule has 2 atom stereocenters. The fourth-order valence-corrected chi connectivity index (χ4v) is 5.52. The third-order valence-electron chi connectivity index (χ3n) is 5.46. The van der Waals surface area contributed by atoms with Crippen LogP contribution < -0.4 is 19.5 Å². The molecule has 31 heavy (non-hydrogen) atoms. The Morgan fingerprint density at radius 2 is 1.74 bits per heavy atom. The van der Waals surface area contributed by atoms with Gasteiger partial charge in [0.2, 0.25) is 16.1 Å². The van der Waals surface area contributed by atoms with Crippen molar-refractivity contribution in [2.45, 2.75) is 43.3 Å². The van der Waals surface area contributed by atoms with Gasteiger partial charge in [-0.1, -0.05) is 18.6 Å². The number of hydrogen-bond donors (Lipinski definition) is 1. The molecule has 2 heterocycles. The lowest BCUT2D eigenvalue weighted by Gasteiger charge is -2.31. The molecule has 4 rings (SSSR count). The first kappa shape index (κ1) is 21.5. The number of para-hydroxylation sites is 2. The van der Waals surface area contributed by atoms with Gasteiger partial charge in [0, 0.05) is 18.8 Å². The number of nitrogens with zero attached hydrogens (tertiary/aromatic N) is 1. The molecular weight excluding hydrogens is 420 g/mol. The summed E-state index contributed by atoms with van der Waals surface area (Å²) in [5, 5.41) is 2.76. The van der Waals surface area contributed by atoms with E-state index in [1.54, 1.807) is 37.3 Å². The molecule has 9 heteroatoms. The number of hydrogen-bond acceptors (Lipinski definition) is 6. The summed E-state index contributed by atoms with van der Waals surface area (Å²) in [6.07, 6.45) is 1.29. The molecule has 0 radical (unpaired) electrons. The SMILES string of the molecule is COc1ccc(NC(=O)C2Oc3ccccc3OC2C)cc1S(=O)(=O)N1CCCCC1. The Labute approximate surface area is 182 Å². The van der Waals surface area contributed by atoms with Gasteiger partial charge in [0.05, 0.1) is 7.11 Å². The molecule has 8 nitrogen and oxygen atoms in total. The van der Waals surface area contributed by atoms with E-state index in [1.165, 1.54) is 17.5 Å². The van der Waals surface area contributed by atoms with Gasteiger partial charge in [-0.3, -0.25) is 4.79 Å². The zero-order valence-electron chi connectivity index (χ0n) is 17.5. The van der Waals surface area contributed by atoms with Gasteiger partial charge in [0.25, 0.3) is 5.91 Å². The Bertz CT molecular complexity index is 1070. The van der Waals surface area contributed by atoms with Gasteiger partial charge in [-0.2, -0.15) is 4.31 Å². The van der Waals surface area contributed by atoms with E-state index in [-0.39, 0.29) is 10.6 Å². The van der Waals surface area contributed by atoms with Crippen LogP contribution in [0.15, 0.2) is 47.4 Å². The van der Waals surface area contributed by atoms with E-state index in [9.17, 15) is 13.2 Å². The maximum atomic E-state index is 13.2. The quantitative estimate of drug-likeness (QED) is 0.759. The smallest absolute Gasteiger partial charge is 0.269 e. The molecule has 2 unspecified atom stereocenters. The van der Waals surface area contributed by atoms with Crippen LogP contribution >= 0.6 is 0 Å². The molecule has 2 aliphatic heterocycles. The Kier molecular flexibility index (Phi) is 6.06. The van der Waals surface area contributed by atoms with E-state index in [0.29, 0.717) is 30.3 Å². The minimum absolute atomic E-state index is 0.0360. The van der Waals surface area contributed by atoms with Crippen molar-refractivity contribution >= 4 is 21.6 Å². The second-order valence-electron chi connectivity index (χ2n) is 7.63. The number of sulfonamides is 1. The van der Waals surface area contributed by atoms with Crippen molar-refractivity contribution in [1.29, 1.82) is 0 Å². The highest BCUT2D eigenvalue weighted by molar-refractivity contribution is 7.89. The fraction of sp³-hybridized carbons (Fsp3) is 0.409. The van der Waals surface area contributed by atoms with Gasteiger partial charge in [0.1, 0.15) is 16.7 Å². The fourth-order valence-electron chi connectivity index (χ4n) is 3.82. The summed E-state index contributed by atoms with van der Waals surface area (Å²) in [4.78, 5) is 12.9. The summed E-state index contributed by atoms with van der Waals surface area (Å²) >= 11 is 0. The lowest BCUT2D eigenvalue weighted by Crippen LogP contribution is -2.46. The molecule has 2 aliphatic rings. The number of nitrogens with one attached hydrogen (secondary N) is 1. The topological polar surface area (TPSA) is 94.2 Å². The van der Waals surface area contributed by atoms with E-state index in [2.05, 4.69) is 5.32 Å². The first-order chi connectivity index (χ1) is 14.9. The summed E-state index contributed by atoms with van der Waals surface area (Å²) in [6, 6.07) is 11.7. The minimum atomic E-state index is -3.74. The van der Waals surface area contributed by atoms with Crippen molar-refractivity contribution < 1.29 is 27.4 Å². The van der Waals surface area contributed by atoms with Gasteiger partial charge in [0.15, 0.2) is 11.5 Å². The van der Waals surface area contributed by atoms with Gasteiger partial charge >= 0.3 is 0 Å². The predicted octanol–water partition coefficient (Wildman–Crippen LogP) is 3.04. The molecule has 0 saturated carbocycles. The molecule has 1 amide bonds. The molecule has 1 saturated heterocycles. The Balaban J connectivity index is 1.56. The number of fused-ring (bicyclic) bond motifs is 1. The Morgan fingerprint density at radius 1 is 1.06 bits per heavy atom. The molecular formula is C22H26N2O6S. The summed E-state index contributed by atoms with van der Waals surface area (Å²) in [5.74, 6) is 0.888. The Hall–Kier alpha value is -2.78. The summed E-state index contributed by atoms with van der Waals surface area (Å²) in [5.41, 5.74) is 0.344. The molecule has 1 fully saturated rings. The van der Waals surface area contributed by atoms with Crippen molar-refractivity contribution in [2.24, 2.45) is 0 Å². The normalized spacial score (nSPS) is 21.4. The average molecular weight is 447 g/mol. The average Bonchev–Trinajstić information content (AvgIpc) is 2.79. The van der Waals surface area contributed by atoms with Gasteiger partial charge in [-0.15, -0.1) is 0 Å². The highest BCUT2D eigenvalue weighted by Gasteiger charge is 2.35. The van der Waals surface area contributed by atoms with E-state index in [4.69, 9.17) is 14.2 Å². The number of carbonyl (C=O) groups excluding carboxylic acids is 1. The molecule has 1 N–H and O–H groups in total. The molecule has 2 aromatic rings. The summed E-state index contributed by atoms with van der Waals surface area (Å²) < 4.78 is 44.7. The van der Waals surface area contributed by atoms with Crippen molar-refractivity contribution in [3.8, 4) is 17.2 Å². The van der Waals surface area contributed by atoms with Crippen LogP contribution in [-0.4, -0.2) is 51.0 Å². The number of carbonyl (C=O) groups is 1. The van der Waals surface area contributed by atoms with Crippen molar-refractivity contribution in [1.82, 2.24) is 4.31 Å². The monoisotopic (exact) mass is 446 g/mol. The van der Waals surface area contributed by atoms with Crippen molar-refractivity contribution in [2.75, 3.05) is 25.5 Å². The van der Waals surface area contributed by atoms with E-state index < -0.39 is 28.1 Å². The number of anilines is 1. The van der Waals surface area contributed by atoms with Gasteiger partial charge < -0.3 is 19.5 Å². The number of piperidine rings is 1. The Morgan fingerprint density at radius 3 is 2.42 bits per heavy atom. The highest BCUT2D eigenvalue weighted by Crippen LogP contribution is 2.34. The molecule has 0 spiro atoms. The van der Waals surface area contributed by atoms with Crippen LogP contribution in [-0.2, 0) is 14.8 Å². The third kappa shape index (κ3) is 4.33. The second kappa shape index (κ2) is 8.76. The maximum Gasteiger partial charge on any atom is 0.269 e. The number of benzene rings is 2. The van der Waals surface area contributed by atoms with Crippen LogP contribution in [0.25, 0.3) is 0 Å². The molecule has 0 aromatic heterocycles. The van der Waals surface area contributed by atoms with Crippen LogP contribution in [0.1, 0.15) is 26.2 Å². The predicted molar refractivity (Wildman–Crippen MR) is 115 cm³/mol. The number of methoxy groups -OCH3 is 1. The maximum absolute atomic E-state index is 13.2. The lowest BCUT2D eigenvalue weighted by atomic mass is 10.1. The van der Waals surface area contributed by atoms with Crippen LogP contribution in [0.5, 0.6) is 17.2 Å². The molecule has 166 valence electrons. The largest absolute Gasteiger partial charge is 0.495 e. The lowest BCUT2D eigenvalue weighted by molar-refractivity contribution is -0.128. The van der Waals surface area contributed by atoms with Crippen LogP contribution in [0.3, 0.4) is 0 Å².